The molecule has 4 nitrogen and oxygen atoms in total. The fourth-order valence-corrected chi connectivity index (χ4v) is 3.64. The maximum absolute atomic E-state index is 11.7. The van der Waals surface area contributed by atoms with Gasteiger partial charge in [0.1, 0.15) is 0 Å². The van der Waals surface area contributed by atoms with E-state index >= 15 is 0 Å². The lowest BCUT2D eigenvalue weighted by atomic mass is 10.3. The number of sulfonamides is 1. The van der Waals surface area contributed by atoms with Crippen molar-refractivity contribution < 1.29 is 8.42 Å². The van der Waals surface area contributed by atoms with Crippen LogP contribution in [0, 0.1) is 5.92 Å². The minimum Gasteiger partial charge on any atom is -0.326 e. The Bertz CT molecular complexity index is 290. The summed E-state index contributed by atoms with van der Waals surface area (Å²) < 4.78 is 24.9. The highest BCUT2D eigenvalue weighted by Crippen LogP contribution is 2.31. The third kappa shape index (κ3) is 2.82. The Labute approximate surface area is 91.3 Å². The molecule has 2 aliphatic rings. The van der Waals surface area contributed by atoms with Gasteiger partial charge in [-0.05, 0) is 25.2 Å². The molecule has 84 valence electrons. The van der Waals surface area contributed by atoms with Gasteiger partial charge in [0.2, 0.25) is 10.0 Å². The molecule has 2 fully saturated rings. The van der Waals surface area contributed by atoms with E-state index in [2.05, 4.69) is 0 Å². The van der Waals surface area contributed by atoms with Crippen LogP contribution < -0.4 is 5.73 Å². The number of halogens is 1. The molecule has 1 heterocycles. The molecule has 1 aliphatic carbocycles. The monoisotopic (exact) mass is 240 g/mol. The molecule has 0 spiro atoms. The Kier molecular flexibility index (Phi) is 3.80. The van der Waals surface area contributed by atoms with Gasteiger partial charge in [0, 0.05) is 19.1 Å². The van der Waals surface area contributed by atoms with Gasteiger partial charge in [0.05, 0.1) is 5.75 Å². The summed E-state index contributed by atoms with van der Waals surface area (Å²) in [6.45, 7) is 1.14. The van der Waals surface area contributed by atoms with E-state index < -0.39 is 10.0 Å². The van der Waals surface area contributed by atoms with E-state index in [-0.39, 0.29) is 18.4 Å². The second-order valence-corrected chi connectivity index (χ2v) is 6.14. The van der Waals surface area contributed by atoms with Gasteiger partial charge in [-0.1, -0.05) is 0 Å². The van der Waals surface area contributed by atoms with Crippen molar-refractivity contribution in [1.29, 1.82) is 0 Å². The van der Waals surface area contributed by atoms with Crippen molar-refractivity contribution in [1.82, 2.24) is 4.31 Å². The van der Waals surface area contributed by atoms with E-state index in [1.165, 1.54) is 0 Å². The van der Waals surface area contributed by atoms with Crippen LogP contribution >= 0.6 is 12.4 Å². The van der Waals surface area contributed by atoms with E-state index in [9.17, 15) is 8.42 Å². The summed E-state index contributed by atoms with van der Waals surface area (Å²) >= 11 is 0. The van der Waals surface area contributed by atoms with Crippen LogP contribution in [0.5, 0.6) is 0 Å². The first kappa shape index (κ1) is 12.2. The molecule has 0 radical (unpaired) electrons. The Morgan fingerprint density at radius 3 is 2.36 bits per heavy atom. The average molecular weight is 241 g/mol. The first-order valence-electron chi connectivity index (χ1n) is 4.81. The zero-order valence-corrected chi connectivity index (χ0v) is 9.69. The summed E-state index contributed by atoms with van der Waals surface area (Å²) in [4.78, 5) is 0. The van der Waals surface area contributed by atoms with Crippen molar-refractivity contribution in [3.63, 3.8) is 0 Å². The van der Waals surface area contributed by atoms with Gasteiger partial charge < -0.3 is 5.73 Å². The van der Waals surface area contributed by atoms with E-state index in [1.54, 1.807) is 4.31 Å². The molecule has 14 heavy (non-hydrogen) atoms. The van der Waals surface area contributed by atoms with Gasteiger partial charge in [-0.3, -0.25) is 0 Å². The molecule has 0 unspecified atom stereocenters. The van der Waals surface area contributed by atoms with Crippen LogP contribution in [0.15, 0.2) is 0 Å². The highest BCUT2D eigenvalue weighted by atomic mass is 35.5. The third-order valence-corrected chi connectivity index (χ3v) is 4.74. The first-order valence-corrected chi connectivity index (χ1v) is 6.42. The molecular weight excluding hydrogens is 224 g/mol. The molecule has 1 saturated heterocycles. The van der Waals surface area contributed by atoms with Gasteiger partial charge in [-0.15, -0.1) is 12.4 Å². The van der Waals surface area contributed by atoms with Gasteiger partial charge in [-0.2, -0.15) is 0 Å². The Hall–Kier alpha value is 0.160. The van der Waals surface area contributed by atoms with E-state index in [4.69, 9.17) is 5.73 Å². The minimum absolute atomic E-state index is 0. The normalized spacial score (nSPS) is 28.8. The average Bonchev–Trinajstić information content (AvgIpc) is 2.70. The lowest BCUT2D eigenvalue weighted by molar-refractivity contribution is 0.470. The Morgan fingerprint density at radius 2 is 1.93 bits per heavy atom. The van der Waals surface area contributed by atoms with Gasteiger partial charge >= 0.3 is 0 Å². The highest BCUT2D eigenvalue weighted by Gasteiger charge is 2.34. The highest BCUT2D eigenvalue weighted by molar-refractivity contribution is 7.89. The van der Waals surface area contributed by atoms with Gasteiger partial charge in [-0.25, -0.2) is 12.7 Å². The third-order valence-electron chi connectivity index (χ3n) is 2.72. The van der Waals surface area contributed by atoms with Crippen molar-refractivity contribution in [3.05, 3.63) is 0 Å². The van der Waals surface area contributed by atoms with Crippen LogP contribution in [-0.4, -0.2) is 37.6 Å². The second kappa shape index (κ2) is 4.35. The van der Waals surface area contributed by atoms with Crippen LogP contribution in [0.25, 0.3) is 0 Å². The van der Waals surface area contributed by atoms with Crippen LogP contribution in [-0.2, 0) is 10.0 Å². The molecule has 0 aromatic carbocycles. The maximum Gasteiger partial charge on any atom is 0.214 e. The molecule has 0 bridgehead atoms. The van der Waals surface area contributed by atoms with Crippen molar-refractivity contribution in [2.24, 2.45) is 11.7 Å². The van der Waals surface area contributed by atoms with Crippen LogP contribution in [0.1, 0.15) is 19.3 Å². The quantitative estimate of drug-likeness (QED) is 0.766. The van der Waals surface area contributed by atoms with Crippen LogP contribution in [0.4, 0.5) is 0 Å². The molecule has 1 saturated carbocycles. The smallest absolute Gasteiger partial charge is 0.214 e. The van der Waals surface area contributed by atoms with Crippen molar-refractivity contribution in [2.75, 3.05) is 18.8 Å². The molecule has 2 N–H and O–H groups in total. The number of hydrogen-bond acceptors (Lipinski definition) is 3. The number of nitrogens with zero attached hydrogens (tertiary/aromatic N) is 1. The van der Waals surface area contributed by atoms with E-state index in [0.717, 1.165) is 19.3 Å². The largest absolute Gasteiger partial charge is 0.326 e. The Morgan fingerprint density at radius 1 is 1.29 bits per heavy atom. The van der Waals surface area contributed by atoms with Crippen LogP contribution in [0.2, 0.25) is 0 Å². The Balaban J connectivity index is 0.000000980. The fraction of sp³-hybridized carbons (Fsp3) is 1.00. The summed E-state index contributed by atoms with van der Waals surface area (Å²) in [5.41, 5.74) is 5.66. The lowest BCUT2D eigenvalue weighted by Crippen LogP contribution is -2.34. The molecule has 0 aromatic heterocycles. The van der Waals surface area contributed by atoms with Crippen molar-refractivity contribution >= 4 is 22.4 Å². The molecule has 0 amide bonds. The molecular formula is C8H17ClN2O2S. The number of hydrogen-bond donors (Lipinski definition) is 1. The maximum atomic E-state index is 11.7. The number of rotatable bonds is 3. The van der Waals surface area contributed by atoms with Crippen molar-refractivity contribution in [2.45, 2.75) is 25.3 Å². The summed E-state index contributed by atoms with van der Waals surface area (Å²) in [5.74, 6) is 0.779. The van der Waals surface area contributed by atoms with E-state index in [0.29, 0.717) is 24.8 Å². The first-order chi connectivity index (χ1) is 6.08. The molecule has 6 heteroatoms. The summed E-state index contributed by atoms with van der Waals surface area (Å²) in [6, 6.07) is 0.0500. The second-order valence-electron chi connectivity index (χ2n) is 4.13. The molecule has 0 aromatic rings. The summed E-state index contributed by atoms with van der Waals surface area (Å²) in [6.07, 6.45) is 2.97. The molecule has 1 aliphatic heterocycles. The predicted molar refractivity (Wildman–Crippen MR) is 57.9 cm³/mol. The molecule has 2 rings (SSSR count). The lowest BCUT2D eigenvalue weighted by Gasteiger charge is -2.15. The topological polar surface area (TPSA) is 63.4 Å². The van der Waals surface area contributed by atoms with Gasteiger partial charge in [0.25, 0.3) is 0 Å². The fourth-order valence-electron chi connectivity index (χ4n) is 1.69. The minimum atomic E-state index is -2.98. The van der Waals surface area contributed by atoms with Crippen LogP contribution in [0.3, 0.4) is 0 Å². The molecule has 1 atom stereocenters. The SMILES string of the molecule is Cl.N[C@H]1CCN(S(=O)(=O)CC2CC2)C1. The summed E-state index contributed by atoms with van der Waals surface area (Å²) in [7, 11) is -2.98. The van der Waals surface area contributed by atoms with E-state index in [1.807, 2.05) is 0 Å². The van der Waals surface area contributed by atoms with Gasteiger partial charge in [0.15, 0.2) is 0 Å². The standard InChI is InChI=1S/C8H16N2O2S.ClH/c9-8-3-4-10(5-8)13(11,12)6-7-1-2-7;/h7-8H,1-6,9H2;1H/t8-;/m0./s1. The zero-order valence-electron chi connectivity index (χ0n) is 8.05. The summed E-state index contributed by atoms with van der Waals surface area (Å²) in [5, 5.41) is 0. The number of nitrogens with two attached hydrogens (primary N) is 1. The van der Waals surface area contributed by atoms with Crippen molar-refractivity contribution in [3.8, 4) is 0 Å². The zero-order chi connectivity index (χ0) is 9.47. The predicted octanol–water partition coefficient (Wildman–Crippen LogP) is 0.181.